The van der Waals surface area contributed by atoms with Crippen LogP contribution >= 0.6 is 0 Å². The molecule has 0 aromatic heterocycles. The summed E-state index contributed by atoms with van der Waals surface area (Å²) in [5.41, 5.74) is 2.22. The van der Waals surface area contributed by atoms with E-state index >= 15 is 0 Å². The predicted molar refractivity (Wildman–Crippen MR) is 165 cm³/mol. The molecule has 2 saturated heterocycles. The number of esters is 2. The highest BCUT2D eigenvalue weighted by Gasteiger charge is 2.45. The van der Waals surface area contributed by atoms with E-state index < -0.39 is 86.4 Å². The lowest BCUT2D eigenvalue weighted by atomic mass is 9.92. The molecule has 2 fully saturated rings. The smallest absolute Gasteiger partial charge is 0.336 e. The van der Waals surface area contributed by atoms with E-state index in [1.807, 2.05) is 38.2 Å². The van der Waals surface area contributed by atoms with Crippen LogP contribution in [0.15, 0.2) is 83.1 Å². The standard InChI is InChI=1S/C33H46O13/c1-18(12-8-14-20(3)30(41)45-32-22(5)25(36)26(37)23(16-34)43-32)10-6-7-11-19(2)13-9-15-21(4)31(42)46-33-29(40)28(39)27(38)24(17-35)44-33/h6-15,22-29,32-40H,16-17H2,1-5H3/b7-6+,12-8+,13-9+,18-10+,19-11+,20-14+,21-15+/t22?,23?,24?,25-,26-,27-,28+,29?,32+,33+/m1/s1. The average molecular weight is 651 g/mol. The van der Waals surface area contributed by atoms with E-state index in [1.54, 1.807) is 44.2 Å². The first-order valence-electron chi connectivity index (χ1n) is 14.8. The van der Waals surface area contributed by atoms with Crippen molar-refractivity contribution in [2.24, 2.45) is 5.92 Å². The Morgan fingerprint density at radius 2 is 1.00 bits per heavy atom. The van der Waals surface area contributed by atoms with Gasteiger partial charge in [-0.2, -0.15) is 0 Å². The Balaban J connectivity index is 1.86. The Kier molecular flexibility index (Phi) is 15.9. The molecule has 2 heterocycles. The molecule has 10 atom stereocenters. The minimum Gasteiger partial charge on any atom is -0.432 e. The molecule has 0 amide bonds. The number of carbonyl (C=O) groups is 2. The lowest BCUT2D eigenvalue weighted by molar-refractivity contribution is -0.291. The highest BCUT2D eigenvalue weighted by molar-refractivity contribution is 5.88. The number of hydrogen-bond donors (Lipinski definition) is 7. The summed E-state index contributed by atoms with van der Waals surface area (Å²) in [5, 5.41) is 68.3. The maximum absolute atomic E-state index is 12.5. The molecule has 2 aliphatic heterocycles. The van der Waals surface area contributed by atoms with Crippen molar-refractivity contribution in [1.29, 1.82) is 0 Å². The fraction of sp³-hybridized carbons (Fsp3) is 0.515. The number of aliphatic hydroxyl groups is 7. The van der Waals surface area contributed by atoms with E-state index in [0.29, 0.717) is 0 Å². The zero-order valence-corrected chi connectivity index (χ0v) is 26.5. The van der Waals surface area contributed by atoms with Crippen molar-refractivity contribution >= 4 is 11.9 Å². The normalized spacial score (nSPS) is 33.7. The zero-order valence-electron chi connectivity index (χ0n) is 26.5. The van der Waals surface area contributed by atoms with E-state index in [-0.39, 0.29) is 11.1 Å². The summed E-state index contributed by atoms with van der Waals surface area (Å²) >= 11 is 0. The minimum absolute atomic E-state index is 0.185. The number of allylic oxidation sites excluding steroid dienone is 12. The van der Waals surface area contributed by atoms with Crippen LogP contribution in [-0.4, -0.2) is 116 Å². The van der Waals surface area contributed by atoms with Crippen molar-refractivity contribution in [2.45, 2.75) is 89.9 Å². The molecule has 4 unspecified atom stereocenters. The van der Waals surface area contributed by atoms with Crippen molar-refractivity contribution in [1.82, 2.24) is 0 Å². The van der Waals surface area contributed by atoms with Crippen LogP contribution in [-0.2, 0) is 28.5 Å². The first-order chi connectivity index (χ1) is 21.7. The number of hydrogen-bond acceptors (Lipinski definition) is 13. The van der Waals surface area contributed by atoms with Gasteiger partial charge in [-0.3, -0.25) is 0 Å². The molecule has 0 aliphatic carbocycles. The molecule has 2 rings (SSSR count). The van der Waals surface area contributed by atoms with Crippen LogP contribution in [0.3, 0.4) is 0 Å². The van der Waals surface area contributed by atoms with E-state index in [4.69, 9.17) is 18.9 Å². The Labute approximate surface area is 268 Å². The molecule has 0 bridgehead atoms. The third kappa shape index (κ3) is 11.2. The Morgan fingerprint density at radius 1 is 0.587 bits per heavy atom. The van der Waals surface area contributed by atoms with Crippen molar-refractivity contribution in [3.8, 4) is 0 Å². The molecule has 46 heavy (non-hydrogen) atoms. The number of aliphatic hydroxyl groups excluding tert-OH is 7. The highest BCUT2D eigenvalue weighted by atomic mass is 16.7. The van der Waals surface area contributed by atoms with Gasteiger partial charge in [0.25, 0.3) is 0 Å². The molecule has 13 heteroatoms. The Bertz CT molecular complexity index is 1150. The maximum Gasteiger partial charge on any atom is 0.336 e. The van der Waals surface area contributed by atoms with Gasteiger partial charge in [-0.05, 0) is 27.7 Å². The third-order valence-corrected chi connectivity index (χ3v) is 7.37. The average Bonchev–Trinajstić information content (AvgIpc) is 3.03. The Hall–Kier alpha value is -3.24. The van der Waals surface area contributed by atoms with Gasteiger partial charge < -0.3 is 54.7 Å². The maximum atomic E-state index is 12.5. The van der Waals surface area contributed by atoms with Crippen molar-refractivity contribution in [2.75, 3.05) is 13.2 Å². The van der Waals surface area contributed by atoms with Gasteiger partial charge in [0.2, 0.25) is 12.6 Å². The topological polar surface area (TPSA) is 213 Å². The number of rotatable bonds is 12. The minimum atomic E-state index is -1.68. The van der Waals surface area contributed by atoms with E-state index in [2.05, 4.69) is 0 Å². The summed E-state index contributed by atoms with van der Waals surface area (Å²) in [6.45, 7) is 7.19. The lowest BCUT2D eigenvalue weighted by Gasteiger charge is -2.40. The first kappa shape index (κ1) is 38.9. The van der Waals surface area contributed by atoms with Crippen LogP contribution in [0.1, 0.15) is 34.6 Å². The highest BCUT2D eigenvalue weighted by Crippen LogP contribution is 2.27. The van der Waals surface area contributed by atoms with Crippen molar-refractivity contribution in [3.63, 3.8) is 0 Å². The fourth-order valence-electron chi connectivity index (χ4n) is 4.27. The van der Waals surface area contributed by atoms with Crippen LogP contribution < -0.4 is 0 Å². The molecular formula is C33H46O13. The third-order valence-electron chi connectivity index (χ3n) is 7.37. The second kappa shape index (κ2) is 18.8. The predicted octanol–water partition coefficient (Wildman–Crippen LogP) is 0.402. The van der Waals surface area contributed by atoms with Gasteiger partial charge >= 0.3 is 11.9 Å². The van der Waals surface area contributed by atoms with Crippen LogP contribution in [0.2, 0.25) is 0 Å². The molecular weight excluding hydrogens is 604 g/mol. The number of carbonyl (C=O) groups excluding carboxylic acids is 2. The van der Waals surface area contributed by atoms with Crippen molar-refractivity contribution < 1.29 is 64.3 Å². The van der Waals surface area contributed by atoms with Gasteiger partial charge in [-0.25, -0.2) is 9.59 Å². The van der Waals surface area contributed by atoms with Crippen molar-refractivity contribution in [3.05, 3.63) is 83.1 Å². The summed E-state index contributed by atoms with van der Waals surface area (Å²) in [7, 11) is 0. The summed E-state index contributed by atoms with van der Waals surface area (Å²) in [4.78, 5) is 24.8. The van der Waals surface area contributed by atoms with Gasteiger partial charge in [0, 0.05) is 17.1 Å². The van der Waals surface area contributed by atoms with E-state index in [0.717, 1.165) is 11.1 Å². The summed E-state index contributed by atoms with van der Waals surface area (Å²) < 4.78 is 21.0. The second-order valence-electron chi connectivity index (χ2n) is 11.2. The van der Waals surface area contributed by atoms with Crippen LogP contribution in [0.25, 0.3) is 0 Å². The first-order valence-corrected chi connectivity index (χ1v) is 14.8. The molecule has 13 nitrogen and oxygen atoms in total. The Morgan fingerprint density at radius 3 is 1.46 bits per heavy atom. The van der Waals surface area contributed by atoms with Gasteiger partial charge in [0.1, 0.15) is 36.6 Å². The SMILES string of the molecule is CC(/C=C/C=C(\C)C(=O)O[C@@H]1OC(CO)[C@@H](O)[C@H](O)C1C)=C\C=C\C=C(C)\C=C\C=C(/C)C(=O)O[C@@H]1OC(CO)[C@@H](O)[C@H](O)C1O. The molecule has 0 aromatic carbocycles. The van der Waals surface area contributed by atoms with Crippen LogP contribution in [0, 0.1) is 5.92 Å². The summed E-state index contributed by atoms with van der Waals surface area (Å²) in [6, 6.07) is 0. The van der Waals surface area contributed by atoms with Gasteiger partial charge in [-0.1, -0.05) is 78.8 Å². The molecule has 0 spiro atoms. The van der Waals surface area contributed by atoms with Gasteiger partial charge in [-0.15, -0.1) is 0 Å². The summed E-state index contributed by atoms with van der Waals surface area (Å²) in [6.07, 6.45) is 4.95. The molecule has 0 aromatic rings. The largest absolute Gasteiger partial charge is 0.432 e. The molecule has 0 radical (unpaired) electrons. The quantitative estimate of drug-likeness (QED) is 0.0867. The second-order valence-corrected chi connectivity index (χ2v) is 11.2. The van der Waals surface area contributed by atoms with E-state index in [9.17, 15) is 45.3 Å². The molecule has 0 saturated carbocycles. The molecule has 2 aliphatic rings. The summed E-state index contributed by atoms with van der Waals surface area (Å²) in [5.74, 6) is -2.16. The lowest BCUT2D eigenvalue weighted by Crippen LogP contribution is -2.59. The van der Waals surface area contributed by atoms with Gasteiger partial charge in [0.15, 0.2) is 0 Å². The zero-order chi connectivity index (χ0) is 34.6. The van der Waals surface area contributed by atoms with Gasteiger partial charge in [0.05, 0.1) is 19.3 Å². The van der Waals surface area contributed by atoms with Crippen LogP contribution in [0.5, 0.6) is 0 Å². The molecule has 256 valence electrons. The van der Waals surface area contributed by atoms with Crippen LogP contribution in [0.4, 0.5) is 0 Å². The molecule has 7 N–H and O–H groups in total. The monoisotopic (exact) mass is 650 g/mol. The van der Waals surface area contributed by atoms with E-state index in [1.165, 1.54) is 13.0 Å². The number of ether oxygens (including phenoxy) is 4. The fourth-order valence-corrected chi connectivity index (χ4v) is 4.27.